The summed E-state index contributed by atoms with van der Waals surface area (Å²) in [6.45, 7) is 0. The second kappa shape index (κ2) is 7.77. The highest BCUT2D eigenvalue weighted by Gasteiger charge is 2.15. The molecule has 2 rings (SSSR count). The molecular formula is C15H26O2Si. The first-order chi connectivity index (χ1) is 8.88. The molecule has 0 N–H and O–H groups in total. The molecule has 2 saturated carbocycles. The van der Waals surface area contributed by atoms with Gasteiger partial charge in [-0.2, -0.15) is 0 Å². The van der Waals surface area contributed by atoms with Gasteiger partial charge in [0, 0.05) is 0 Å². The van der Waals surface area contributed by atoms with Crippen molar-refractivity contribution in [3.05, 3.63) is 12.3 Å². The molecule has 2 fully saturated rings. The van der Waals surface area contributed by atoms with Crippen molar-refractivity contribution in [3.8, 4) is 0 Å². The van der Waals surface area contributed by atoms with Crippen molar-refractivity contribution >= 4 is 14.6 Å². The SMILES string of the molecule is CO[Si](=CC1CCCCC1)OC=CC1CCCC1. The number of hydrogen-bond donors (Lipinski definition) is 0. The van der Waals surface area contributed by atoms with E-state index in [1.165, 1.54) is 57.8 Å². The Kier molecular flexibility index (Phi) is 5.98. The van der Waals surface area contributed by atoms with E-state index in [0.717, 1.165) is 11.8 Å². The second-order valence-corrected chi connectivity index (χ2v) is 7.19. The van der Waals surface area contributed by atoms with Crippen LogP contribution in [0.15, 0.2) is 12.3 Å². The van der Waals surface area contributed by atoms with E-state index in [9.17, 15) is 0 Å². The Labute approximate surface area is 113 Å². The van der Waals surface area contributed by atoms with Gasteiger partial charge in [0.05, 0.1) is 13.4 Å². The van der Waals surface area contributed by atoms with Gasteiger partial charge in [-0.25, -0.2) is 0 Å². The molecule has 0 atom stereocenters. The third kappa shape index (κ3) is 4.60. The summed E-state index contributed by atoms with van der Waals surface area (Å²) >= 11 is 0. The molecule has 2 aliphatic carbocycles. The third-order valence-corrected chi connectivity index (χ3v) is 5.67. The number of rotatable bonds is 5. The first kappa shape index (κ1) is 13.8. The fourth-order valence-corrected chi connectivity index (χ4v) is 4.26. The van der Waals surface area contributed by atoms with E-state index in [0.29, 0.717) is 0 Å². The van der Waals surface area contributed by atoms with Gasteiger partial charge in [-0.1, -0.05) is 32.1 Å². The maximum atomic E-state index is 5.80. The fraction of sp³-hybridized carbons (Fsp3) is 0.800. The van der Waals surface area contributed by atoms with Crippen molar-refractivity contribution in [1.29, 1.82) is 0 Å². The largest absolute Gasteiger partial charge is 0.526 e. The molecule has 0 aromatic rings. The van der Waals surface area contributed by atoms with Gasteiger partial charge in [0.2, 0.25) is 0 Å². The lowest BCUT2D eigenvalue weighted by molar-refractivity contribution is 0.328. The van der Waals surface area contributed by atoms with Crippen LogP contribution in [0.5, 0.6) is 0 Å². The molecule has 0 saturated heterocycles. The Hall–Kier alpha value is -0.573. The number of hydrogen-bond acceptors (Lipinski definition) is 2. The predicted molar refractivity (Wildman–Crippen MR) is 77.6 cm³/mol. The lowest BCUT2D eigenvalue weighted by atomic mass is 9.91. The van der Waals surface area contributed by atoms with E-state index in [-0.39, 0.29) is 0 Å². The average Bonchev–Trinajstić information content (AvgIpc) is 2.92. The standard InChI is InChI=1S/C15H26O2Si/c1-16-18(13-15-9-3-2-4-10-15)17-12-11-14-7-5-6-8-14/h11-15H,2-10H2,1H3. The highest BCUT2D eigenvalue weighted by Crippen LogP contribution is 2.25. The minimum absolute atomic E-state index is 0.729. The quantitative estimate of drug-likeness (QED) is 0.556. The van der Waals surface area contributed by atoms with Crippen molar-refractivity contribution in [2.45, 2.75) is 57.8 Å². The van der Waals surface area contributed by atoms with Crippen LogP contribution in [0.3, 0.4) is 0 Å². The molecule has 2 aliphatic rings. The molecule has 18 heavy (non-hydrogen) atoms. The van der Waals surface area contributed by atoms with Gasteiger partial charge in [-0.3, -0.25) is 0 Å². The highest BCUT2D eigenvalue weighted by atomic mass is 28.3. The van der Waals surface area contributed by atoms with Gasteiger partial charge >= 0.3 is 8.90 Å². The Morgan fingerprint density at radius 2 is 1.50 bits per heavy atom. The van der Waals surface area contributed by atoms with Crippen LogP contribution in [0.4, 0.5) is 0 Å². The van der Waals surface area contributed by atoms with Crippen LogP contribution < -0.4 is 0 Å². The van der Waals surface area contributed by atoms with Gasteiger partial charge in [0.25, 0.3) is 0 Å². The van der Waals surface area contributed by atoms with Crippen LogP contribution in [-0.4, -0.2) is 21.7 Å². The van der Waals surface area contributed by atoms with Crippen LogP contribution in [0.2, 0.25) is 0 Å². The van der Waals surface area contributed by atoms with Gasteiger partial charge in [-0.15, -0.1) is 0 Å². The summed E-state index contributed by atoms with van der Waals surface area (Å²) in [7, 11) is 0.589. The van der Waals surface area contributed by atoms with E-state index in [1.807, 2.05) is 6.26 Å². The molecule has 0 amide bonds. The zero-order valence-electron chi connectivity index (χ0n) is 11.6. The predicted octanol–water partition coefficient (Wildman–Crippen LogP) is 3.81. The zero-order valence-corrected chi connectivity index (χ0v) is 12.6. The molecule has 3 heteroatoms. The van der Waals surface area contributed by atoms with Crippen molar-refractivity contribution < 1.29 is 8.85 Å². The highest BCUT2D eigenvalue weighted by molar-refractivity contribution is 6.54. The summed E-state index contributed by atoms with van der Waals surface area (Å²) in [5.41, 5.74) is 2.35. The maximum Gasteiger partial charge on any atom is 0.480 e. The van der Waals surface area contributed by atoms with Crippen LogP contribution in [-0.2, 0) is 8.85 Å². The van der Waals surface area contributed by atoms with Gasteiger partial charge in [-0.05, 0) is 49.3 Å². The van der Waals surface area contributed by atoms with Crippen LogP contribution in [0.1, 0.15) is 57.8 Å². The van der Waals surface area contributed by atoms with E-state index in [1.54, 1.807) is 7.11 Å². The monoisotopic (exact) mass is 266 g/mol. The van der Waals surface area contributed by atoms with Gasteiger partial charge < -0.3 is 8.85 Å². The minimum Gasteiger partial charge on any atom is -0.526 e. The smallest absolute Gasteiger partial charge is 0.480 e. The molecular weight excluding hydrogens is 240 g/mol. The first-order valence-corrected chi connectivity index (χ1v) is 8.87. The third-order valence-electron chi connectivity index (χ3n) is 4.16. The molecule has 0 unspecified atom stereocenters. The van der Waals surface area contributed by atoms with Crippen molar-refractivity contribution in [3.63, 3.8) is 0 Å². The normalized spacial score (nSPS) is 23.7. The minimum atomic E-state index is -1.19. The van der Waals surface area contributed by atoms with E-state index in [2.05, 4.69) is 11.7 Å². The molecule has 0 aromatic heterocycles. The maximum absolute atomic E-state index is 5.80. The first-order valence-electron chi connectivity index (χ1n) is 7.47. The topological polar surface area (TPSA) is 18.5 Å². The molecule has 0 heterocycles. The summed E-state index contributed by atoms with van der Waals surface area (Å²) in [4.78, 5) is 0. The fourth-order valence-electron chi connectivity index (χ4n) is 3.02. The number of allylic oxidation sites excluding steroid dienone is 1. The lowest BCUT2D eigenvalue weighted by Gasteiger charge is -2.18. The summed E-state index contributed by atoms with van der Waals surface area (Å²) in [5, 5.41) is 0. The Morgan fingerprint density at radius 1 is 0.889 bits per heavy atom. The van der Waals surface area contributed by atoms with Crippen molar-refractivity contribution in [1.82, 2.24) is 0 Å². The molecule has 0 spiro atoms. The Balaban J connectivity index is 1.78. The van der Waals surface area contributed by atoms with E-state index >= 15 is 0 Å². The molecule has 102 valence electrons. The molecule has 0 bridgehead atoms. The van der Waals surface area contributed by atoms with Crippen LogP contribution in [0, 0.1) is 11.8 Å². The summed E-state index contributed by atoms with van der Waals surface area (Å²) in [6, 6.07) is 0. The van der Waals surface area contributed by atoms with Crippen molar-refractivity contribution in [2.24, 2.45) is 11.8 Å². The molecule has 0 aromatic carbocycles. The zero-order chi connectivity index (χ0) is 12.6. The molecule has 0 aliphatic heterocycles. The van der Waals surface area contributed by atoms with Gasteiger partial charge in [0.15, 0.2) is 0 Å². The second-order valence-electron chi connectivity index (χ2n) is 5.58. The van der Waals surface area contributed by atoms with E-state index < -0.39 is 8.90 Å². The van der Waals surface area contributed by atoms with Gasteiger partial charge in [0.1, 0.15) is 0 Å². The van der Waals surface area contributed by atoms with Crippen LogP contribution in [0.25, 0.3) is 0 Å². The van der Waals surface area contributed by atoms with E-state index in [4.69, 9.17) is 8.85 Å². The van der Waals surface area contributed by atoms with Crippen LogP contribution >= 0.6 is 0 Å². The summed E-state index contributed by atoms with van der Waals surface area (Å²) < 4.78 is 11.3. The summed E-state index contributed by atoms with van der Waals surface area (Å²) in [5.74, 6) is 1.48. The molecule has 2 nitrogen and oxygen atoms in total. The summed E-state index contributed by atoms with van der Waals surface area (Å²) in [6.07, 6.45) is 16.4. The average molecular weight is 266 g/mol. The Morgan fingerprint density at radius 3 is 2.17 bits per heavy atom. The molecule has 0 radical (unpaired) electrons. The van der Waals surface area contributed by atoms with Crippen molar-refractivity contribution in [2.75, 3.05) is 7.11 Å². The lowest BCUT2D eigenvalue weighted by Crippen LogP contribution is -2.18. The Bertz CT molecular complexity index is 287.